The highest BCUT2D eigenvalue weighted by atomic mass is 19.4. The molecule has 30 heavy (non-hydrogen) atoms. The summed E-state index contributed by atoms with van der Waals surface area (Å²) in [5, 5.41) is 0. The van der Waals surface area contributed by atoms with Crippen LogP contribution in [-0.4, -0.2) is 5.91 Å². The monoisotopic (exact) mass is 415 g/mol. The molecule has 0 saturated heterocycles. The van der Waals surface area contributed by atoms with Gasteiger partial charge in [0.05, 0.1) is 5.56 Å². The number of aryl methyl sites for hydroxylation is 2. The fourth-order valence-corrected chi connectivity index (χ4v) is 3.54. The van der Waals surface area contributed by atoms with Gasteiger partial charge in [0.2, 0.25) is 11.2 Å². The topological polar surface area (TPSA) is 73.3 Å². The van der Waals surface area contributed by atoms with Gasteiger partial charge >= 0.3 is 6.18 Å². The normalized spacial score (nSPS) is 11.5. The van der Waals surface area contributed by atoms with Crippen LogP contribution in [0.2, 0.25) is 0 Å². The van der Waals surface area contributed by atoms with Crippen LogP contribution in [0.15, 0.2) is 57.7 Å². The Hall–Kier alpha value is -3.35. The third-order valence-electron chi connectivity index (χ3n) is 4.90. The van der Waals surface area contributed by atoms with Crippen molar-refractivity contribution >= 4 is 5.91 Å². The molecule has 3 aromatic rings. The van der Waals surface area contributed by atoms with Gasteiger partial charge in [0.15, 0.2) is 5.76 Å². The number of amides is 1. The van der Waals surface area contributed by atoms with Gasteiger partial charge in [-0.2, -0.15) is 13.2 Å². The van der Waals surface area contributed by atoms with Crippen LogP contribution in [0.3, 0.4) is 0 Å². The van der Waals surface area contributed by atoms with Crippen molar-refractivity contribution in [1.29, 1.82) is 0 Å². The van der Waals surface area contributed by atoms with Crippen molar-refractivity contribution in [2.24, 2.45) is 5.73 Å². The van der Waals surface area contributed by atoms with Crippen LogP contribution >= 0.6 is 0 Å². The second-order valence-electron chi connectivity index (χ2n) is 6.73. The highest BCUT2D eigenvalue weighted by molar-refractivity contribution is 5.99. The fourth-order valence-electron chi connectivity index (χ4n) is 3.54. The average molecular weight is 415 g/mol. The van der Waals surface area contributed by atoms with E-state index >= 15 is 0 Å². The Labute approximate surface area is 171 Å². The quantitative estimate of drug-likeness (QED) is 0.621. The lowest BCUT2D eigenvalue weighted by molar-refractivity contribution is -0.152. The first-order valence-electron chi connectivity index (χ1n) is 9.45. The van der Waals surface area contributed by atoms with Crippen molar-refractivity contribution < 1.29 is 22.4 Å². The molecular formula is C23H20F3NO3. The van der Waals surface area contributed by atoms with E-state index in [-0.39, 0.29) is 11.1 Å². The average Bonchev–Trinajstić information content (AvgIpc) is 2.72. The predicted octanol–water partition coefficient (Wildman–Crippen LogP) is 5.22. The van der Waals surface area contributed by atoms with E-state index in [4.69, 9.17) is 10.2 Å². The Morgan fingerprint density at radius 3 is 1.97 bits per heavy atom. The lowest BCUT2D eigenvalue weighted by Gasteiger charge is -2.19. The van der Waals surface area contributed by atoms with E-state index in [1.54, 1.807) is 50.2 Å². The number of halogens is 3. The third kappa shape index (κ3) is 3.75. The van der Waals surface area contributed by atoms with Crippen LogP contribution < -0.4 is 11.2 Å². The standard InChI is InChI=1S/C23H20F3NO3/c1-3-13-11-8-12-14(4-2)16(13)17-19(28)18(22(27)29)20(15-9-6-5-7-10-15)30-21(17)23(24,25)26/h5-12H,3-4H2,1-2H3,(H2,27,29). The minimum Gasteiger partial charge on any atom is -0.450 e. The van der Waals surface area contributed by atoms with Gasteiger partial charge in [-0.25, -0.2) is 0 Å². The van der Waals surface area contributed by atoms with E-state index < -0.39 is 40.2 Å². The first kappa shape index (κ1) is 21.4. The SMILES string of the molecule is CCc1cccc(CC)c1-c1c(C(F)(F)F)oc(-c2ccccc2)c(C(N)=O)c1=O. The van der Waals surface area contributed by atoms with Gasteiger partial charge in [0, 0.05) is 5.56 Å². The van der Waals surface area contributed by atoms with Crippen molar-refractivity contribution in [1.82, 2.24) is 0 Å². The van der Waals surface area contributed by atoms with Gasteiger partial charge in [0.25, 0.3) is 5.91 Å². The molecule has 0 fully saturated rings. The number of carbonyl (C=O) groups excluding carboxylic acids is 1. The number of benzene rings is 2. The molecule has 4 nitrogen and oxygen atoms in total. The summed E-state index contributed by atoms with van der Waals surface area (Å²) < 4.78 is 47.5. The van der Waals surface area contributed by atoms with Crippen LogP contribution in [0.5, 0.6) is 0 Å². The molecule has 0 unspecified atom stereocenters. The summed E-state index contributed by atoms with van der Waals surface area (Å²) in [6, 6.07) is 12.7. The van der Waals surface area contributed by atoms with Crippen LogP contribution in [0, 0.1) is 0 Å². The smallest absolute Gasteiger partial charge is 0.450 e. The van der Waals surface area contributed by atoms with Gasteiger partial charge in [-0.05, 0) is 29.5 Å². The maximum atomic E-state index is 14.1. The van der Waals surface area contributed by atoms with E-state index in [0.29, 0.717) is 24.0 Å². The van der Waals surface area contributed by atoms with E-state index in [1.165, 1.54) is 12.1 Å². The Bertz CT molecular complexity index is 1130. The molecule has 3 rings (SSSR count). The molecule has 0 aliphatic heterocycles. The third-order valence-corrected chi connectivity index (χ3v) is 4.90. The lowest BCUT2D eigenvalue weighted by atomic mass is 9.89. The van der Waals surface area contributed by atoms with Gasteiger partial charge < -0.3 is 10.2 Å². The van der Waals surface area contributed by atoms with Crippen LogP contribution in [0.25, 0.3) is 22.5 Å². The molecule has 0 saturated carbocycles. The van der Waals surface area contributed by atoms with Crippen LogP contribution in [0.1, 0.15) is 41.1 Å². The molecule has 0 aliphatic carbocycles. The molecule has 156 valence electrons. The molecule has 2 N–H and O–H groups in total. The zero-order valence-corrected chi connectivity index (χ0v) is 16.5. The zero-order valence-electron chi connectivity index (χ0n) is 16.5. The molecular weight excluding hydrogens is 395 g/mol. The molecule has 1 heterocycles. The second-order valence-corrected chi connectivity index (χ2v) is 6.73. The van der Waals surface area contributed by atoms with E-state index in [0.717, 1.165) is 0 Å². The van der Waals surface area contributed by atoms with Crippen LogP contribution in [-0.2, 0) is 19.0 Å². The number of primary amides is 1. The highest BCUT2D eigenvalue weighted by Crippen LogP contribution is 2.41. The molecule has 0 atom stereocenters. The first-order valence-corrected chi connectivity index (χ1v) is 9.45. The second kappa shape index (κ2) is 8.18. The predicted molar refractivity (Wildman–Crippen MR) is 108 cm³/mol. The molecule has 7 heteroatoms. The van der Waals surface area contributed by atoms with Crippen molar-refractivity contribution in [2.45, 2.75) is 32.9 Å². The summed E-state index contributed by atoms with van der Waals surface area (Å²) >= 11 is 0. The largest absolute Gasteiger partial charge is 0.450 e. The van der Waals surface area contributed by atoms with Crippen molar-refractivity contribution in [3.63, 3.8) is 0 Å². The fraction of sp³-hybridized carbons (Fsp3) is 0.217. The molecule has 2 aromatic carbocycles. The summed E-state index contributed by atoms with van der Waals surface area (Å²) in [6.07, 6.45) is -4.17. The Morgan fingerprint density at radius 1 is 0.933 bits per heavy atom. The first-order chi connectivity index (χ1) is 14.2. The van der Waals surface area contributed by atoms with Gasteiger partial charge in [-0.1, -0.05) is 62.4 Å². The molecule has 0 bridgehead atoms. The number of hydrogen-bond acceptors (Lipinski definition) is 3. The summed E-state index contributed by atoms with van der Waals surface area (Å²) in [5.74, 6) is -3.08. The number of alkyl halides is 3. The maximum absolute atomic E-state index is 14.1. The minimum atomic E-state index is -4.96. The summed E-state index contributed by atoms with van der Waals surface area (Å²) in [5.41, 5.74) is 4.46. The summed E-state index contributed by atoms with van der Waals surface area (Å²) in [4.78, 5) is 25.5. The number of carbonyl (C=O) groups is 1. The summed E-state index contributed by atoms with van der Waals surface area (Å²) in [6.45, 7) is 3.56. The molecule has 0 aliphatic rings. The van der Waals surface area contributed by atoms with E-state index in [9.17, 15) is 22.8 Å². The molecule has 0 radical (unpaired) electrons. The number of nitrogens with two attached hydrogens (primary N) is 1. The summed E-state index contributed by atoms with van der Waals surface area (Å²) in [7, 11) is 0. The number of rotatable bonds is 5. The number of hydrogen-bond donors (Lipinski definition) is 1. The maximum Gasteiger partial charge on any atom is 0.450 e. The zero-order chi connectivity index (χ0) is 22.1. The van der Waals surface area contributed by atoms with Crippen LogP contribution in [0.4, 0.5) is 13.2 Å². The lowest BCUT2D eigenvalue weighted by Crippen LogP contribution is -2.27. The Kier molecular flexibility index (Phi) is 5.82. The van der Waals surface area contributed by atoms with Crippen molar-refractivity contribution in [3.8, 4) is 22.5 Å². The van der Waals surface area contributed by atoms with E-state index in [2.05, 4.69) is 0 Å². The Morgan fingerprint density at radius 2 is 1.50 bits per heavy atom. The molecule has 0 spiro atoms. The molecule has 1 amide bonds. The molecule has 1 aromatic heterocycles. The van der Waals surface area contributed by atoms with E-state index in [1.807, 2.05) is 0 Å². The Balaban J connectivity index is 2.54. The highest BCUT2D eigenvalue weighted by Gasteiger charge is 2.41. The minimum absolute atomic E-state index is 0.144. The van der Waals surface area contributed by atoms with Crippen molar-refractivity contribution in [3.05, 3.63) is 81.2 Å². The van der Waals surface area contributed by atoms with Crippen molar-refractivity contribution in [2.75, 3.05) is 0 Å². The van der Waals surface area contributed by atoms with Gasteiger partial charge in [0.1, 0.15) is 5.56 Å². The van der Waals surface area contributed by atoms with Gasteiger partial charge in [-0.15, -0.1) is 0 Å². The van der Waals surface area contributed by atoms with Gasteiger partial charge in [-0.3, -0.25) is 9.59 Å².